The summed E-state index contributed by atoms with van der Waals surface area (Å²) < 4.78 is 1.48. The third kappa shape index (κ3) is 20.1. The van der Waals surface area contributed by atoms with Crippen LogP contribution in [0.15, 0.2) is 36.4 Å². The highest BCUT2D eigenvalue weighted by atomic mass is 16.4. The summed E-state index contributed by atoms with van der Waals surface area (Å²) in [6, 6.07) is 9.85. The van der Waals surface area contributed by atoms with Gasteiger partial charge >= 0.3 is 5.97 Å². The molecule has 0 fully saturated rings. The van der Waals surface area contributed by atoms with E-state index < -0.39 is 11.7 Å². The standard InChI is InChI=1S/C32H68N.C11H8O3/c1-5-9-13-17-21-25-29-33(30-26-22-18-14-10-6-2,31-27-23-19-15-11-7-3)32-28-24-20-16-12-8-4;12-9-6-5-7-3-1-2-4-8(7)10(9)11(13)14/h5-32H2,1-4H3;1-6,12H,(H,13,14)/q+1;/p-1. The molecule has 0 unspecified atom stereocenters. The number of unbranched alkanes of at least 4 members (excludes halogenated alkanes) is 20. The fraction of sp³-hybridized carbons (Fsp3) is 0.744. The summed E-state index contributed by atoms with van der Waals surface area (Å²) in [7, 11) is 0. The van der Waals surface area contributed by atoms with Crippen LogP contribution in [0.4, 0.5) is 0 Å². The van der Waals surface area contributed by atoms with Gasteiger partial charge in [-0.15, -0.1) is 0 Å². The molecule has 2 aromatic carbocycles. The van der Waals surface area contributed by atoms with Gasteiger partial charge in [0, 0.05) is 0 Å². The van der Waals surface area contributed by atoms with Crippen LogP contribution in [0.5, 0.6) is 5.75 Å². The lowest BCUT2D eigenvalue weighted by Crippen LogP contribution is -2.50. The molecule has 0 atom stereocenters. The molecule has 1 N–H and O–H groups in total. The number of quaternary nitrogens is 1. The van der Waals surface area contributed by atoms with E-state index in [1.165, 1.54) is 191 Å². The molecular weight excluding hydrogens is 578 g/mol. The molecule has 2 aromatic rings. The van der Waals surface area contributed by atoms with Crippen molar-refractivity contribution in [2.75, 3.05) is 26.2 Å². The molecule has 0 aromatic heterocycles. The molecule has 4 heteroatoms. The Morgan fingerprint density at radius 3 is 1.21 bits per heavy atom. The smallest absolute Gasteiger partial charge is 0.335 e. The fourth-order valence-corrected chi connectivity index (χ4v) is 7.05. The molecule has 0 saturated heterocycles. The number of nitrogens with zero attached hydrogens (tertiary/aromatic N) is 1. The SMILES string of the molecule is CCCCCCCC[N+](CCCCCCCC)(CCCCCCCC)CCCCCCCC.O=C(O)c1c([O-])ccc2ccccc12. The van der Waals surface area contributed by atoms with E-state index in [0.29, 0.717) is 5.39 Å². The molecule has 0 amide bonds. The Hall–Kier alpha value is -2.07. The molecule has 4 nitrogen and oxygen atoms in total. The first-order valence-corrected chi connectivity index (χ1v) is 20.2. The topological polar surface area (TPSA) is 60.4 Å². The van der Waals surface area contributed by atoms with Crippen LogP contribution >= 0.6 is 0 Å². The van der Waals surface area contributed by atoms with Crippen molar-refractivity contribution in [1.82, 2.24) is 0 Å². The summed E-state index contributed by atoms with van der Waals surface area (Å²) in [6.07, 6.45) is 34.8. The van der Waals surface area contributed by atoms with Gasteiger partial charge in [0.05, 0.1) is 31.7 Å². The average molecular weight is 654 g/mol. The van der Waals surface area contributed by atoms with Gasteiger partial charge in [0.2, 0.25) is 0 Å². The second-order valence-corrected chi connectivity index (χ2v) is 14.3. The van der Waals surface area contributed by atoms with Gasteiger partial charge in [-0.2, -0.15) is 0 Å². The number of aromatic carboxylic acids is 1. The summed E-state index contributed by atoms with van der Waals surface area (Å²) in [5.41, 5.74) is -0.150. The Balaban J connectivity index is 0.000000644. The second kappa shape index (κ2) is 28.9. The molecule has 0 spiro atoms. The van der Waals surface area contributed by atoms with Crippen molar-refractivity contribution >= 4 is 16.7 Å². The molecule has 0 aliphatic carbocycles. The minimum atomic E-state index is -1.17. The summed E-state index contributed by atoms with van der Waals surface area (Å²) in [5.74, 6) is -1.62. The summed E-state index contributed by atoms with van der Waals surface area (Å²) in [4.78, 5) is 10.8. The zero-order valence-electron chi connectivity index (χ0n) is 31.5. The van der Waals surface area contributed by atoms with Gasteiger partial charge in [0.1, 0.15) is 0 Å². The highest BCUT2D eigenvalue weighted by molar-refractivity contribution is 6.05. The Morgan fingerprint density at radius 1 is 0.511 bits per heavy atom. The average Bonchev–Trinajstić information content (AvgIpc) is 3.07. The van der Waals surface area contributed by atoms with Gasteiger partial charge in [-0.05, 0) is 62.1 Å². The molecule has 47 heavy (non-hydrogen) atoms. The fourth-order valence-electron chi connectivity index (χ4n) is 7.05. The normalized spacial score (nSPS) is 11.5. The summed E-state index contributed by atoms with van der Waals surface area (Å²) >= 11 is 0. The number of carboxylic acids is 1. The van der Waals surface area contributed by atoms with Gasteiger partial charge in [-0.1, -0.05) is 173 Å². The van der Waals surface area contributed by atoms with Crippen LogP contribution in [0.2, 0.25) is 0 Å². The molecule has 0 heterocycles. The van der Waals surface area contributed by atoms with Crippen molar-refractivity contribution in [3.05, 3.63) is 42.0 Å². The third-order valence-electron chi connectivity index (χ3n) is 10.0. The number of carbonyl (C=O) groups is 1. The number of hydrogen-bond donors (Lipinski definition) is 1. The molecule has 0 aliphatic heterocycles. The third-order valence-corrected chi connectivity index (χ3v) is 10.0. The summed E-state index contributed by atoms with van der Waals surface area (Å²) in [5, 5.41) is 21.4. The molecular formula is C43H75NO3. The largest absolute Gasteiger partial charge is 0.872 e. The van der Waals surface area contributed by atoms with Crippen molar-refractivity contribution in [2.24, 2.45) is 0 Å². The Kier molecular flexibility index (Phi) is 26.4. The highest BCUT2D eigenvalue weighted by Crippen LogP contribution is 2.25. The van der Waals surface area contributed by atoms with Gasteiger partial charge in [0.15, 0.2) is 0 Å². The maximum Gasteiger partial charge on any atom is 0.335 e. The van der Waals surface area contributed by atoms with Gasteiger partial charge < -0.3 is 14.7 Å². The molecule has 0 aliphatic rings. The lowest BCUT2D eigenvalue weighted by atomic mass is 10.0. The number of fused-ring (bicyclic) bond motifs is 1. The van der Waals surface area contributed by atoms with E-state index in [-0.39, 0.29) is 5.56 Å². The van der Waals surface area contributed by atoms with Crippen LogP contribution in [-0.2, 0) is 0 Å². The van der Waals surface area contributed by atoms with E-state index in [2.05, 4.69) is 27.7 Å². The van der Waals surface area contributed by atoms with Gasteiger partial charge in [0.25, 0.3) is 0 Å². The van der Waals surface area contributed by atoms with E-state index in [1.807, 2.05) is 0 Å². The number of carboxylic acid groups (broad SMARTS) is 1. The van der Waals surface area contributed by atoms with Crippen LogP contribution in [0.25, 0.3) is 10.8 Å². The maximum absolute atomic E-state index is 11.3. The Morgan fingerprint density at radius 2 is 0.851 bits per heavy atom. The summed E-state index contributed by atoms with van der Waals surface area (Å²) in [6.45, 7) is 15.3. The molecule has 0 radical (unpaired) electrons. The van der Waals surface area contributed by atoms with E-state index >= 15 is 0 Å². The van der Waals surface area contributed by atoms with Crippen LogP contribution in [0.1, 0.15) is 192 Å². The Bertz CT molecular complexity index is 950. The minimum absolute atomic E-state index is 0.150. The van der Waals surface area contributed by atoms with E-state index in [0.717, 1.165) is 5.39 Å². The van der Waals surface area contributed by atoms with Crippen LogP contribution in [0.3, 0.4) is 0 Å². The zero-order chi connectivity index (χ0) is 34.4. The van der Waals surface area contributed by atoms with Crippen LogP contribution in [-0.4, -0.2) is 41.7 Å². The molecule has 2 rings (SSSR count). The van der Waals surface area contributed by atoms with Crippen LogP contribution in [0, 0.1) is 0 Å². The molecule has 270 valence electrons. The molecule has 0 saturated carbocycles. The van der Waals surface area contributed by atoms with Gasteiger partial charge in [-0.3, -0.25) is 0 Å². The van der Waals surface area contributed by atoms with Crippen molar-refractivity contribution < 1.29 is 19.5 Å². The molecule has 0 bridgehead atoms. The van der Waals surface area contributed by atoms with Gasteiger partial charge in [-0.25, -0.2) is 4.79 Å². The van der Waals surface area contributed by atoms with Crippen molar-refractivity contribution in [3.8, 4) is 5.75 Å². The van der Waals surface area contributed by atoms with E-state index in [4.69, 9.17) is 5.11 Å². The first-order valence-electron chi connectivity index (χ1n) is 20.2. The Labute approximate surface area is 291 Å². The predicted octanol–water partition coefficient (Wildman–Crippen LogP) is 12.9. The van der Waals surface area contributed by atoms with E-state index in [1.54, 1.807) is 30.3 Å². The minimum Gasteiger partial charge on any atom is -0.872 e. The monoisotopic (exact) mass is 654 g/mol. The van der Waals surface area contributed by atoms with Crippen molar-refractivity contribution in [3.63, 3.8) is 0 Å². The van der Waals surface area contributed by atoms with Crippen LogP contribution < -0.4 is 5.11 Å². The number of hydrogen-bond acceptors (Lipinski definition) is 2. The number of benzene rings is 2. The first kappa shape index (κ1) is 43.0. The second-order valence-electron chi connectivity index (χ2n) is 14.3. The van der Waals surface area contributed by atoms with E-state index in [9.17, 15) is 9.90 Å². The lowest BCUT2D eigenvalue weighted by molar-refractivity contribution is -0.929. The highest BCUT2D eigenvalue weighted by Gasteiger charge is 2.25. The predicted molar refractivity (Wildman–Crippen MR) is 204 cm³/mol. The maximum atomic E-state index is 11.3. The first-order chi connectivity index (χ1) is 22.9. The van der Waals surface area contributed by atoms with Crippen molar-refractivity contribution in [1.29, 1.82) is 0 Å². The lowest BCUT2D eigenvalue weighted by Gasteiger charge is -2.40. The quantitative estimate of drug-likeness (QED) is 0.0702. The van der Waals surface area contributed by atoms with Crippen molar-refractivity contribution in [2.45, 2.75) is 182 Å². The number of rotatable bonds is 29. The zero-order valence-corrected chi connectivity index (χ0v) is 31.5.